The van der Waals surface area contributed by atoms with E-state index in [2.05, 4.69) is 25.7 Å². The zero-order valence-electron chi connectivity index (χ0n) is 14.3. The molecule has 2 aromatic heterocycles. The number of nitrogens with zero attached hydrogens (tertiary/aromatic N) is 4. The molecule has 2 N–H and O–H groups in total. The number of hydrogen-bond acceptors (Lipinski definition) is 5. The molecule has 0 saturated heterocycles. The lowest BCUT2D eigenvalue weighted by molar-refractivity contribution is 0.143. The number of aryl methyl sites for hydroxylation is 1. The smallest absolute Gasteiger partial charge is 0.218 e. The highest BCUT2D eigenvalue weighted by Crippen LogP contribution is 2.13. The van der Waals surface area contributed by atoms with Gasteiger partial charge in [0.25, 0.3) is 0 Å². The zero-order chi connectivity index (χ0) is 17.2. The summed E-state index contributed by atoms with van der Waals surface area (Å²) in [6.07, 6.45) is 3.48. The van der Waals surface area contributed by atoms with Crippen LogP contribution in [0, 0.1) is 0 Å². The van der Waals surface area contributed by atoms with Crippen molar-refractivity contribution < 1.29 is 9.47 Å². The Morgan fingerprint density at radius 3 is 2.75 bits per heavy atom. The summed E-state index contributed by atoms with van der Waals surface area (Å²) in [5, 5.41) is 10.7. The largest absolute Gasteiger partial charge is 0.475 e. The third kappa shape index (κ3) is 5.24. The summed E-state index contributed by atoms with van der Waals surface area (Å²) in [6.45, 7) is 2.19. The van der Waals surface area contributed by atoms with Gasteiger partial charge in [0.05, 0.1) is 18.8 Å². The molecule has 0 saturated carbocycles. The third-order valence-electron chi connectivity index (χ3n) is 3.41. The molecule has 2 rings (SSSR count). The van der Waals surface area contributed by atoms with Crippen molar-refractivity contribution in [1.29, 1.82) is 0 Å². The molecule has 0 unspecified atom stereocenters. The van der Waals surface area contributed by atoms with Gasteiger partial charge in [-0.15, -0.1) is 0 Å². The van der Waals surface area contributed by atoms with Gasteiger partial charge in [0.2, 0.25) is 5.88 Å². The van der Waals surface area contributed by atoms with Crippen molar-refractivity contribution in [2.24, 2.45) is 12.0 Å². The maximum Gasteiger partial charge on any atom is 0.218 e. The predicted octanol–water partition coefficient (Wildman–Crippen LogP) is 0.706. The SMILES string of the molecule is CN=C(NCc1cccnc1OCCOC)NCc1ccnn1C. The van der Waals surface area contributed by atoms with E-state index in [1.165, 1.54) is 0 Å². The topological polar surface area (TPSA) is 85.6 Å². The van der Waals surface area contributed by atoms with Gasteiger partial charge in [-0.05, 0) is 12.1 Å². The third-order valence-corrected chi connectivity index (χ3v) is 3.41. The second-order valence-electron chi connectivity index (χ2n) is 5.03. The van der Waals surface area contributed by atoms with Gasteiger partial charge in [-0.1, -0.05) is 6.07 Å². The van der Waals surface area contributed by atoms with Gasteiger partial charge in [0.15, 0.2) is 5.96 Å². The molecule has 0 aliphatic carbocycles. The van der Waals surface area contributed by atoms with Crippen molar-refractivity contribution in [3.8, 4) is 5.88 Å². The molecule has 8 heteroatoms. The van der Waals surface area contributed by atoms with Crippen molar-refractivity contribution in [2.75, 3.05) is 27.4 Å². The molecule has 0 amide bonds. The van der Waals surface area contributed by atoms with Gasteiger partial charge in [-0.3, -0.25) is 9.67 Å². The van der Waals surface area contributed by atoms with Gasteiger partial charge in [0, 0.05) is 45.7 Å². The number of aromatic nitrogens is 3. The number of methoxy groups -OCH3 is 1. The van der Waals surface area contributed by atoms with Crippen LogP contribution in [0.4, 0.5) is 0 Å². The van der Waals surface area contributed by atoms with E-state index >= 15 is 0 Å². The number of aliphatic imine (C=N–C) groups is 1. The Labute approximate surface area is 141 Å². The summed E-state index contributed by atoms with van der Waals surface area (Å²) < 4.78 is 12.4. The first kappa shape index (κ1) is 17.7. The van der Waals surface area contributed by atoms with E-state index in [0.29, 0.717) is 38.1 Å². The fourth-order valence-corrected chi connectivity index (χ4v) is 2.06. The van der Waals surface area contributed by atoms with Gasteiger partial charge in [0.1, 0.15) is 6.61 Å². The van der Waals surface area contributed by atoms with E-state index < -0.39 is 0 Å². The van der Waals surface area contributed by atoms with E-state index in [9.17, 15) is 0 Å². The standard InChI is InChI=1S/C16H24N6O2/c1-17-16(20-12-14-6-8-21-22(14)2)19-11-13-5-4-7-18-15(13)24-10-9-23-3/h4-8H,9-12H2,1-3H3,(H2,17,19,20). The Kier molecular flexibility index (Phi) is 7.03. The molecule has 130 valence electrons. The van der Waals surface area contributed by atoms with E-state index in [1.807, 2.05) is 29.9 Å². The molecule has 2 aromatic rings. The number of pyridine rings is 1. The monoisotopic (exact) mass is 332 g/mol. The van der Waals surface area contributed by atoms with Crippen LogP contribution in [-0.2, 0) is 24.9 Å². The van der Waals surface area contributed by atoms with Gasteiger partial charge < -0.3 is 20.1 Å². The Hall–Kier alpha value is -2.61. The predicted molar refractivity (Wildman–Crippen MR) is 91.9 cm³/mol. The first-order chi connectivity index (χ1) is 11.7. The molecule has 0 fully saturated rings. The summed E-state index contributed by atoms with van der Waals surface area (Å²) in [5.74, 6) is 1.30. The van der Waals surface area contributed by atoms with Crippen LogP contribution in [0.5, 0.6) is 5.88 Å². The van der Waals surface area contributed by atoms with Crippen molar-refractivity contribution >= 4 is 5.96 Å². The first-order valence-electron chi connectivity index (χ1n) is 7.71. The molecular weight excluding hydrogens is 308 g/mol. The minimum Gasteiger partial charge on any atom is -0.475 e. The summed E-state index contributed by atoms with van der Waals surface area (Å²) >= 11 is 0. The van der Waals surface area contributed by atoms with Crippen LogP contribution in [0.25, 0.3) is 0 Å². The highest BCUT2D eigenvalue weighted by atomic mass is 16.5. The quantitative estimate of drug-likeness (QED) is 0.421. The van der Waals surface area contributed by atoms with E-state index in [1.54, 1.807) is 26.6 Å². The second kappa shape index (κ2) is 9.51. The summed E-state index contributed by atoms with van der Waals surface area (Å²) in [4.78, 5) is 8.48. The van der Waals surface area contributed by atoms with Crippen molar-refractivity contribution in [3.63, 3.8) is 0 Å². The number of hydrogen-bond donors (Lipinski definition) is 2. The molecule has 0 atom stereocenters. The van der Waals surface area contributed by atoms with Crippen LogP contribution < -0.4 is 15.4 Å². The molecule has 2 heterocycles. The molecule has 8 nitrogen and oxygen atoms in total. The Balaban J connectivity index is 1.87. The molecular formula is C16H24N6O2. The fourth-order valence-electron chi connectivity index (χ4n) is 2.06. The van der Waals surface area contributed by atoms with Crippen LogP contribution in [0.2, 0.25) is 0 Å². The molecule has 0 radical (unpaired) electrons. The summed E-state index contributed by atoms with van der Waals surface area (Å²) in [5.41, 5.74) is 2.03. The Bertz CT molecular complexity index is 656. The van der Waals surface area contributed by atoms with Crippen LogP contribution in [0.1, 0.15) is 11.3 Å². The lowest BCUT2D eigenvalue weighted by atomic mass is 10.2. The average molecular weight is 332 g/mol. The number of rotatable bonds is 8. The Morgan fingerprint density at radius 1 is 1.21 bits per heavy atom. The molecule has 0 bridgehead atoms. The van der Waals surface area contributed by atoms with E-state index in [4.69, 9.17) is 9.47 Å². The minimum atomic E-state index is 0.466. The highest BCUT2D eigenvalue weighted by Gasteiger charge is 2.06. The minimum absolute atomic E-state index is 0.466. The maximum absolute atomic E-state index is 5.63. The van der Waals surface area contributed by atoms with Crippen LogP contribution in [0.15, 0.2) is 35.6 Å². The fraction of sp³-hybridized carbons (Fsp3) is 0.438. The van der Waals surface area contributed by atoms with Crippen molar-refractivity contribution in [3.05, 3.63) is 41.9 Å². The highest BCUT2D eigenvalue weighted by molar-refractivity contribution is 5.79. The normalized spacial score (nSPS) is 11.4. The van der Waals surface area contributed by atoms with Crippen LogP contribution in [0.3, 0.4) is 0 Å². The maximum atomic E-state index is 5.63. The van der Waals surface area contributed by atoms with E-state index in [0.717, 1.165) is 11.3 Å². The molecule has 0 aliphatic rings. The van der Waals surface area contributed by atoms with Crippen LogP contribution >= 0.6 is 0 Å². The van der Waals surface area contributed by atoms with E-state index in [-0.39, 0.29) is 0 Å². The lowest BCUT2D eigenvalue weighted by Gasteiger charge is -2.14. The van der Waals surface area contributed by atoms with Gasteiger partial charge >= 0.3 is 0 Å². The molecule has 24 heavy (non-hydrogen) atoms. The van der Waals surface area contributed by atoms with Crippen LogP contribution in [-0.4, -0.2) is 48.1 Å². The number of guanidine groups is 1. The van der Waals surface area contributed by atoms with Gasteiger partial charge in [-0.2, -0.15) is 5.10 Å². The van der Waals surface area contributed by atoms with Crippen molar-refractivity contribution in [1.82, 2.24) is 25.4 Å². The zero-order valence-corrected chi connectivity index (χ0v) is 14.3. The van der Waals surface area contributed by atoms with Crippen molar-refractivity contribution in [2.45, 2.75) is 13.1 Å². The molecule has 0 spiro atoms. The summed E-state index contributed by atoms with van der Waals surface area (Å²) in [6, 6.07) is 5.81. The first-order valence-corrected chi connectivity index (χ1v) is 7.71. The molecule has 0 aromatic carbocycles. The lowest BCUT2D eigenvalue weighted by Crippen LogP contribution is -2.36. The second-order valence-corrected chi connectivity index (χ2v) is 5.03. The molecule has 0 aliphatic heterocycles. The summed E-state index contributed by atoms with van der Waals surface area (Å²) in [7, 11) is 5.28. The number of ether oxygens (including phenoxy) is 2. The average Bonchev–Trinajstić information content (AvgIpc) is 3.01. The Morgan fingerprint density at radius 2 is 2.04 bits per heavy atom. The van der Waals surface area contributed by atoms with Gasteiger partial charge in [-0.25, -0.2) is 4.98 Å². The number of nitrogens with one attached hydrogen (secondary N) is 2.